The van der Waals surface area contributed by atoms with Gasteiger partial charge in [-0.15, -0.1) is 0 Å². The van der Waals surface area contributed by atoms with E-state index in [-0.39, 0.29) is 23.4 Å². The minimum atomic E-state index is -0.628. The first kappa shape index (κ1) is 13.6. The lowest BCUT2D eigenvalue weighted by Gasteiger charge is -2.48. The molecule has 2 bridgehead atoms. The lowest BCUT2D eigenvalue weighted by atomic mass is 9.65. The number of aliphatic hydroxyl groups is 1. The van der Waals surface area contributed by atoms with Gasteiger partial charge in [0, 0.05) is 35.0 Å². The number of halogens is 2. The van der Waals surface area contributed by atoms with E-state index in [1.807, 2.05) is 0 Å². The average molecular weight is 382 g/mol. The van der Waals surface area contributed by atoms with E-state index in [1.165, 1.54) is 0 Å². The van der Waals surface area contributed by atoms with Gasteiger partial charge in [0.05, 0.1) is 11.5 Å². The molecule has 1 N–H and O–H groups in total. The summed E-state index contributed by atoms with van der Waals surface area (Å²) in [5.41, 5.74) is -0.225. The van der Waals surface area contributed by atoms with Crippen LogP contribution in [-0.4, -0.2) is 31.2 Å². The van der Waals surface area contributed by atoms with Crippen molar-refractivity contribution in [3.8, 4) is 0 Å². The molecule has 0 aliphatic heterocycles. The fourth-order valence-corrected chi connectivity index (χ4v) is 6.50. The lowest BCUT2D eigenvalue weighted by molar-refractivity contribution is -0.272. The van der Waals surface area contributed by atoms with Crippen molar-refractivity contribution in [2.75, 3.05) is 14.2 Å². The molecule has 0 amide bonds. The smallest absolute Gasteiger partial charge is 0.185 e. The predicted molar refractivity (Wildman–Crippen MR) is 75.5 cm³/mol. The van der Waals surface area contributed by atoms with Gasteiger partial charge in [0.15, 0.2) is 5.79 Å². The van der Waals surface area contributed by atoms with Crippen molar-refractivity contribution < 1.29 is 14.6 Å². The first-order chi connectivity index (χ1) is 8.55. The maximum atomic E-state index is 10.4. The molecule has 0 aromatic heterocycles. The Kier molecular flexibility index (Phi) is 3.23. The molecule has 0 heterocycles. The molecule has 2 fully saturated rings. The van der Waals surface area contributed by atoms with Gasteiger partial charge in [-0.25, -0.2) is 0 Å². The number of aliphatic hydroxyl groups excluding tert-OH is 1. The molecule has 0 saturated heterocycles. The van der Waals surface area contributed by atoms with Crippen LogP contribution in [0, 0.1) is 17.3 Å². The monoisotopic (exact) mass is 380 g/mol. The molecule has 2 saturated carbocycles. The maximum Gasteiger partial charge on any atom is 0.185 e. The summed E-state index contributed by atoms with van der Waals surface area (Å²) in [5, 5.41) is 10.4. The Morgan fingerprint density at radius 1 is 1.28 bits per heavy atom. The van der Waals surface area contributed by atoms with Gasteiger partial charge in [0.1, 0.15) is 0 Å². The number of methoxy groups -OCH3 is 2. The van der Waals surface area contributed by atoms with Crippen molar-refractivity contribution in [3.05, 3.63) is 8.96 Å². The van der Waals surface area contributed by atoms with Crippen LogP contribution in [0.4, 0.5) is 0 Å². The van der Waals surface area contributed by atoms with Crippen LogP contribution in [0.3, 0.4) is 0 Å². The SMILES string of the molecule is COC1(OC)[C@H]2C[C@@H]3[C@H](O)CCC[C@]31C(Br)=C2Br. The molecule has 4 atom stereocenters. The van der Waals surface area contributed by atoms with Crippen LogP contribution in [0.25, 0.3) is 0 Å². The Morgan fingerprint density at radius 3 is 2.56 bits per heavy atom. The second kappa shape index (κ2) is 4.29. The first-order valence-corrected chi connectivity index (χ1v) is 7.97. The van der Waals surface area contributed by atoms with Crippen molar-refractivity contribution in [2.45, 2.75) is 37.6 Å². The minimum Gasteiger partial charge on any atom is -0.393 e. The number of ether oxygens (including phenoxy) is 2. The second-order valence-corrected chi connectivity index (χ2v) is 7.21. The van der Waals surface area contributed by atoms with E-state index in [4.69, 9.17) is 9.47 Å². The van der Waals surface area contributed by atoms with Crippen molar-refractivity contribution in [1.29, 1.82) is 0 Å². The first-order valence-electron chi connectivity index (χ1n) is 6.39. The average Bonchev–Trinajstić information content (AvgIpc) is 2.76. The molecule has 0 aromatic carbocycles. The summed E-state index contributed by atoms with van der Waals surface area (Å²) in [6.07, 6.45) is 3.58. The molecule has 3 aliphatic rings. The topological polar surface area (TPSA) is 38.7 Å². The van der Waals surface area contributed by atoms with Crippen LogP contribution >= 0.6 is 31.9 Å². The van der Waals surface area contributed by atoms with Gasteiger partial charge in [-0.3, -0.25) is 0 Å². The van der Waals surface area contributed by atoms with Crippen molar-refractivity contribution in [1.82, 2.24) is 0 Å². The van der Waals surface area contributed by atoms with Gasteiger partial charge in [0.2, 0.25) is 0 Å². The second-order valence-electron chi connectivity index (χ2n) is 5.56. The van der Waals surface area contributed by atoms with Crippen LogP contribution in [0.5, 0.6) is 0 Å². The number of hydrogen-bond donors (Lipinski definition) is 1. The Hall–Kier alpha value is 0.580. The van der Waals surface area contributed by atoms with E-state index in [0.717, 1.165) is 34.6 Å². The third-order valence-corrected chi connectivity index (χ3v) is 7.87. The quantitative estimate of drug-likeness (QED) is 0.746. The molecule has 3 nitrogen and oxygen atoms in total. The molecule has 0 radical (unpaired) electrons. The Morgan fingerprint density at radius 2 is 1.94 bits per heavy atom. The molecular weight excluding hydrogens is 364 g/mol. The molecular formula is C13H18Br2O3. The molecule has 102 valence electrons. The molecule has 1 spiro atoms. The van der Waals surface area contributed by atoms with Gasteiger partial charge in [-0.1, -0.05) is 31.9 Å². The fraction of sp³-hybridized carbons (Fsp3) is 0.846. The molecule has 18 heavy (non-hydrogen) atoms. The molecule has 0 unspecified atom stereocenters. The molecule has 0 aromatic rings. The van der Waals surface area contributed by atoms with Gasteiger partial charge in [0.25, 0.3) is 0 Å². The fourth-order valence-electron chi connectivity index (χ4n) is 4.61. The van der Waals surface area contributed by atoms with Gasteiger partial charge in [-0.05, 0) is 25.7 Å². The van der Waals surface area contributed by atoms with E-state index in [9.17, 15) is 5.11 Å². The molecule has 3 aliphatic carbocycles. The molecule has 3 rings (SSSR count). The highest BCUT2D eigenvalue weighted by Crippen LogP contribution is 2.73. The number of rotatable bonds is 2. The van der Waals surface area contributed by atoms with Gasteiger partial charge in [-0.2, -0.15) is 0 Å². The molecule has 5 heteroatoms. The Bertz CT molecular complexity index is 405. The van der Waals surface area contributed by atoms with E-state index in [0.29, 0.717) is 0 Å². The summed E-state index contributed by atoms with van der Waals surface area (Å²) >= 11 is 7.43. The van der Waals surface area contributed by atoms with Gasteiger partial charge < -0.3 is 14.6 Å². The zero-order valence-corrected chi connectivity index (χ0v) is 13.8. The summed E-state index contributed by atoms with van der Waals surface area (Å²) < 4.78 is 14.0. The number of fused-ring (bicyclic) bond motifs is 1. The van der Waals surface area contributed by atoms with Gasteiger partial charge >= 0.3 is 0 Å². The largest absolute Gasteiger partial charge is 0.393 e. The lowest BCUT2D eigenvalue weighted by Crippen LogP contribution is -2.53. The van der Waals surface area contributed by atoms with E-state index in [1.54, 1.807) is 14.2 Å². The Labute approximate surface area is 124 Å². The zero-order chi connectivity index (χ0) is 13.1. The van der Waals surface area contributed by atoms with Crippen molar-refractivity contribution >= 4 is 31.9 Å². The van der Waals surface area contributed by atoms with Crippen LogP contribution in [0.15, 0.2) is 8.96 Å². The number of hydrogen-bond acceptors (Lipinski definition) is 3. The van der Waals surface area contributed by atoms with E-state index in [2.05, 4.69) is 31.9 Å². The van der Waals surface area contributed by atoms with Crippen LogP contribution in [0.1, 0.15) is 25.7 Å². The third kappa shape index (κ3) is 1.26. The minimum absolute atomic E-state index is 0.180. The highest BCUT2D eigenvalue weighted by Gasteiger charge is 2.74. The summed E-state index contributed by atoms with van der Waals surface area (Å²) in [6, 6.07) is 0. The summed E-state index contributed by atoms with van der Waals surface area (Å²) in [4.78, 5) is 0. The van der Waals surface area contributed by atoms with Crippen LogP contribution < -0.4 is 0 Å². The normalized spacial score (nSPS) is 45.5. The Balaban J connectivity index is 2.18. The predicted octanol–water partition coefficient (Wildman–Crippen LogP) is 3.16. The third-order valence-electron chi connectivity index (χ3n) is 5.25. The van der Waals surface area contributed by atoms with E-state index >= 15 is 0 Å². The van der Waals surface area contributed by atoms with Crippen molar-refractivity contribution in [3.63, 3.8) is 0 Å². The highest BCUT2D eigenvalue weighted by molar-refractivity contribution is 9.14. The van der Waals surface area contributed by atoms with E-state index < -0.39 is 5.79 Å². The zero-order valence-electron chi connectivity index (χ0n) is 10.6. The standard InChI is InChI=1S/C13H18Br2O3/c1-17-13(18-2)8-6-7-9(16)4-3-5-12(7,13)11(15)10(8)14/h7-9,16H,3-6H2,1-2H3/t7-,8+,9-,12-/m1/s1. The summed E-state index contributed by atoms with van der Waals surface area (Å²) in [6.45, 7) is 0. The summed E-state index contributed by atoms with van der Waals surface area (Å²) in [7, 11) is 3.43. The van der Waals surface area contributed by atoms with Crippen LogP contribution in [-0.2, 0) is 9.47 Å². The van der Waals surface area contributed by atoms with Crippen molar-refractivity contribution in [2.24, 2.45) is 17.3 Å². The van der Waals surface area contributed by atoms with Crippen LogP contribution in [0.2, 0.25) is 0 Å². The maximum absolute atomic E-state index is 10.4. The highest BCUT2D eigenvalue weighted by atomic mass is 79.9. The summed E-state index contributed by atoms with van der Waals surface area (Å²) in [5.74, 6) is -0.219.